The van der Waals surface area contributed by atoms with E-state index in [0.717, 1.165) is 0 Å². The Kier molecular flexibility index (Phi) is 7.12. The first-order chi connectivity index (χ1) is 13.7. The van der Waals surface area contributed by atoms with E-state index in [4.69, 9.17) is 16.6 Å². The summed E-state index contributed by atoms with van der Waals surface area (Å²) < 4.78 is 0. The monoisotopic (exact) mass is 404 g/mol. The molecule has 1 aromatic rings. The lowest BCUT2D eigenvalue weighted by Crippen LogP contribution is -2.42. The largest absolute Gasteiger partial charge is 0.481 e. The zero-order valence-electron chi connectivity index (χ0n) is 16.0. The van der Waals surface area contributed by atoms with Crippen LogP contribution in [0.4, 0.5) is 11.4 Å². The minimum Gasteiger partial charge on any atom is -0.481 e. The lowest BCUT2D eigenvalue weighted by atomic mass is 10.1. The molecule has 1 unspecified atom stereocenters. The van der Waals surface area contributed by atoms with Gasteiger partial charge in [-0.15, -0.1) is 0 Å². The lowest BCUT2D eigenvalue weighted by molar-refractivity contribution is -0.138. The molecule has 0 saturated heterocycles. The number of fused-ring (bicyclic) bond motifs is 1. The molecule has 11 nitrogen and oxygen atoms in total. The molecule has 1 atom stereocenters. The van der Waals surface area contributed by atoms with E-state index in [0.29, 0.717) is 24.3 Å². The topological polar surface area (TPSA) is 180 Å². The van der Waals surface area contributed by atoms with E-state index in [1.807, 2.05) is 0 Å². The van der Waals surface area contributed by atoms with Crippen LogP contribution in [0.1, 0.15) is 36.5 Å². The molecule has 156 valence electrons. The van der Waals surface area contributed by atoms with Crippen LogP contribution in [0.2, 0.25) is 0 Å². The Morgan fingerprint density at radius 2 is 2.07 bits per heavy atom. The van der Waals surface area contributed by atoms with Crippen molar-refractivity contribution in [2.45, 2.75) is 32.2 Å². The molecule has 0 aliphatic carbocycles. The van der Waals surface area contributed by atoms with Crippen molar-refractivity contribution in [3.8, 4) is 0 Å². The van der Waals surface area contributed by atoms with E-state index >= 15 is 0 Å². The zero-order valence-corrected chi connectivity index (χ0v) is 16.0. The number of carbonyl (C=O) groups is 4. The maximum atomic E-state index is 12.9. The number of carboxylic acid groups (broad SMARTS) is 1. The first-order valence-electron chi connectivity index (χ1n) is 8.99. The molecule has 0 saturated carbocycles. The molecule has 11 heteroatoms. The minimum absolute atomic E-state index is 0.0431. The van der Waals surface area contributed by atoms with E-state index in [2.05, 4.69) is 15.6 Å². The van der Waals surface area contributed by atoms with Crippen molar-refractivity contribution in [2.75, 3.05) is 23.7 Å². The molecule has 2 rings (SSSR count). The van der Waals surface area contributed by atoms with Gasteiger partial charge in [0.2, 0.25) is 11.8 Å². The normalized spacial score (nSPS) is 14.3. The highest BCUT2D eigenvalue weighted by Crippen LogP contribution is 2.26. The molecule has 1 heterocycles. The molecular weight excluding hydrogens is 380 g/mol. The molecule has 1 aliphatic rings. The molecular formula is C18H24N6O5. The van der Waals surface area contributed by atoms with Gasteiger partial charge in [0.15, 0.2) is 5.96 Å². The van der Waals surface area contributed by atoms with Gasteiger partial charge in [-0.2, -0.15) is 0 Å². The first-order valence-corrected chi connectivity index (χ1v) is 8.99. The van der Waals surface area contributed by atoms with Gasteiger partial charge in [-0.25, -0.2) is 0 Å². The minimum atomic E-state index is -1.07. The van der Waals surface area contributed by atoms with E-state index in [1.54, 1.807) is 13.0 Å². The van der Waals surface area contributed by atoms with Gasteiger partial charge < -0.3 is 32.1 Å². The molecule has 0 aromatic heterocycles. The molecule has 0 bridgehead atoms. The summed E-state index contributed by atoms with van der Waals surface area (Å²) >= 11 is 0. The van der Waals surface area contributed by atoms with Crippen molar-refractivity contribution in [1.29, 1.82) is 0 Å². The fourth-order valence-electron chi connectivity index (χ4n) is 2.87. The molecule has 0 spiro atoms. The maximum Gasteiger partial charge on any atom is 0.305 e. The summed E-state index contributed by atoms with van der Waals surface area (Å²) in [6, 6.07) is 3.87. The van der Waals surface area contributed by atoms with Crippen LogP contribution in [0.25, 0.3) is 0 Å². The van der Waals surface area contributed by atoms with Crippen molar-refractivity contribution in [2.24, 2.45) is 16.5 Å². The third kappa shape index (κ3) is 6.19. The average Bonchev–Trinajstić information content (AvgIpc) is 2.75. The van der Waals surface area contributed by atoms with Gasteiger partial charge in [-0.05, 0) is 31.5 Å². The van der Waals surface area contributed by atoms with E-state index in [9.17, 15) is 19.2 Å². The third-order valence-corrected chi connectivity index (χ3v) is 4.24. The number of hydrogen-bond acceptors (Lipinski definition) is 5. The van der Waals surface area contributed by atoms with E-state index in [-0.39, 0.29) is 36.8 Å². The Balaban J connectivity index is 2.14. The molecule has 3 amide bonds. The number of guanidine groups is 1. The van der Waals surface area contributed by atoms with Gasteiger partial charge >= 0.3 is 5.97 Å². The number of hydrogen-bond donors (Lipinski definition) is 5. The maximum absolute atomic E-state index is 12.9. The smallest absolute Gasteiger partial charge is 0.305 e. The Morgan fingerprint density at radius 1 is 1.34 bits per heavy atom. The van der Waals surface area contributed by atoms with E-state index < -0.39 is 23.8 Å². The number of aliphatic imine (C=N–C) groups is 1. The highest BCUT2D eigenvalue weighted by Gasteiger charge is 2.30. The third-order valence-electron chi connectivity index (χ3n) is 4.24. The van der Waals surface area contributed by atoms with Crippen LogP contribution in [0.3, 0.4) is 0 Å². The van der Waals surface area contributed by atoms with Crippen LogP contribution in [0.5, 0.6) is 0 Å². The van der Waals surface area contributed by atoms with Crippen molar-refractivity contribution in [1.82, 2.24) is 4.90 Å². The predicted molar refractivity (Wildman–Crippen MR) is 106 cm³/mol. The van der Waals surface area contributed by atoms with E-state index in [1.165, 1.54) is 17.0 Å². The van der Waals surface area contributed by atoms with Crippen LogP contribution < -0.4 is 22.1 Å². The second-order valence-electron chi connectivity index (χ2n) is 6.65. The molecule has 29 heavy (non-hydrogen) atoms. The lowest BCUT2D eigenvalue weighted by Gasteiger charge is -2.26. The molecule has 7 N–H and O–H groups in total. The summed E-state index contributed by atoms with van der Waals surface area (Å²) in [5, 5.41) is 14.3. The van der Waals surface area contributed by atoms with Gasteiger partial charge in [0.05, 0.1) is 17.7 Å². The Hall–Kier alpha value is -3.63. The summed E-state index contributed by atoms with van der Waals surface area (Å²) in [4.78, 5) is 53.1. The SMILES string of the molecule is CC(CC(=O)O)N1CC(=O)Nc2ccc(NC(=O)CCCN=C(N)N)cc2C1=O. The summed E-state index contributed by atoms with van der Waals surface area (Å²) in [6.45, 7) is 1.63. The number of carbonyl (C=O) groups excluding carboxylic acids is 3. The number of amides is 3. The molecule has 0 fully saturated rings. The van der Waals surface area contributed by atoms with Gasteiger partial charge in [-0.1, -0.05) is 0 Å². The highest BCUT2D eigenvalue weighted by molar-refractivity contribution is 6.09. The predicted octanol–water partition coefficient (Wildman–Crippen LogP) is -0.0638. The zero-order chi connectivity index (χ0) is 21.6. The number of nitrogens with two attached hydrogens (primary N) is 2. The molecule has 1 aliphatic heterocycles. The van der Waals surface area contributed by atoms with Crippen LogP contribution in [-0.2, 0) is 14.4 Å². The van der Waals surface area contributed by atoms with Crippen LogP contribution in [0.15, 0.2) is 23.2 Å². The number of aliphatic carboxylic acids is 1. The second kappa shape index (κ2) is 9.53. The fourth-order valence-corrected chi connectivity index (χ4v) is 2.87. The Morgan fingerprint density at radius 3 is 2.72 bits per heavy atom. The Bertz CT molecular complexity index is 849. The number of carboxylic acids is 1. The summed E-state index contributed by atoms with van der Waals surface area (Å²) in [5.74, 6) is -2.31. The van der Waals surface area contributed by atoms with Crippen molar-refractivity contribution < 1.29 is 24.3 Å². The summed E-state index contributed by atoms with van der Waals surface area (Å²) in [7, 11) is 0. The van der Waals surface area contributed by atoms with Crippen molar-refractivity contribution in [3.05, 3.63) is 23.8 Å². The standard InChI is InChI=1S/C18H24N6O5/c1-10(7-16(27)28)24-9-15(26)23-13-5-4-11(8-12(13)17(24)29)22-14(25)3-2-6-21-18(19)20/h4-5,8,10H,2-3,6-7,9H2,1H3,(H,22,25)(H,23,26)(H,27,28)(H4,19,20,21). The number of nitrogens with zero attached hydrogens (tertiary/aromatic N) is 2. The quantitative estimate of drug-likeness (QED) is 0.228. The van der Waals surface area contributed by atoms with Gasteiger partial charge in [0.1, 0.15) is 6.54 Å². The number of nitrogens with one attached hydrogen (secondary N) is 2. The number of anilines is 2. The highest BCUT2D eigenvalue weighted by atomic mass is 16.4. The molecule has 1 aromatic carbocycles. The van der Waals surface area contributed by atoms with Crippen LogP contribution in [-0.4, -0.2) is 58.8 Å². The summed E-state index contributed by atoms with van der Waals surface area (Å²) in [6.07, 6.45) is 0.338. The molecule has 0 radical (unpaired) electrons. The number of benzene rings is 1. The number of rotatable bonds is 8. The first kappa shape index (κ1) is 21.7. The fraction of sp³-hybridized carbons (Fsp3) is 0.389. The van der Waals surface area contributed by atoms with Crippen LogP contribution >= 0.6 is 0 Å². The second-order valence-corrected chi connectivity index (χ2v) is 6.65. The van der Waals surface area contributed by atoms with Crippen molar-refractivity contribution in [3.63, 3.8) is 0 Å². The van der Waals surface area contributed by atoms with Gasteiger partial charge in [0.25, 0.3) is 5.91 Å². The van der Waals surface area contributed by atoms with Gasteiger partial charge in [0, 0.05) is 24.7 Å². The Labute approximate surface area is 167 Å². The van der Waals surface area contributed by atoms with Crippen LogP contribution in [0, 0.1) is 0 Å². The summed E-state index contributed by atoms with van der Waals surface area (Å²) in [5.41, 5.74) is 11.3. The van der Waals surface area contributed by atoms with Gasteiger partial charge in [-0.3, -0.25) is 24.2 Å². The van der Waals surface area contributed by atoms with Crippen molar-refractivity contribution >= 4 is 41.0 Å². The average molecular weight is 404 g/mol.